The van der Waals surface area contributed by atoms with Crippen LogP contribution in [0.5, 0.6) is 0 Å². The van der Waals surface area contributed by atoms with Crippen LogP contribution in [0.3, 0.4) is 0 Å². The SMILES string of the molecule is Cc1cccc([S@@](=O)Cc2ccc(C(=O)NC3CCCCC3)o2)c1. The van der Waals surface area contributed by atoms with Crippen LogP contribution in [-0.2, 0) is 16.6 Å². The second-order valence-corrected chi connectivity index (χ2v) is 7.83. The highest BCUT2D eigenvalue weighted by molar-refractivity contribution is 7.84. The van der Waals surface area contributed by atoms with Gasteiger partial charge in [-0.25, -0.2) is 0 Å². The van der Waals surface area contributed by atoms with E-state index < -0.39 is 10.8 Å². The molecular weight excluding hydrogens is 322 g/mol. The standard InChI is InChI=1S/C19H23NO3S/c1-14-6-5-9-17(12-14)24(22)13-16-10-11-18(23-16)19(21)20-15-7-3-2-4-8-15/h5-6,9-12,15H,2-4,7-8,13H2,1H3,(H,20,21)/t24-/m0/s1. The Morgan fingerprint density at radius 1 is 1.21 bits per heavy atom. The lowest BCUT2D eigenvalue weighted by Gasteiger charge is -2.22. The van der Waals surface area contributed by atoms with Crippen molar-refractivity contribution in [1.82, 2.24) is 5.32 Å². The number of benzene rings is 1. The molecule has 1 aromatic heterocycles. The molecule has 1 amide bonds. The number of furan rings is 1. The molecule has 1 aliphatic rings. The van der Waals surface area contributed by atoms with E-state index in [-0.39, 0.29) is 17.7 Å². The molecule has 5 heteroatoms. The van der Waals surface area contributed by atoms with Gasteiger partial charge in [0, 0.05) is 10.9 Å². The summed E-state index contributed by atoms with van der Waals surface area (Å²) in [6.07, 6.45) is 5.67. The molecule has 128 valence electrons. The van der Waals surface area contributed by atoms with Crippen molar-refractivity contribution in [3.8, 4) is 0 Å². The number of nitrogens with one attached hydrogen (secondary N) is 1. The fourth-order valence-corrected chi connectivity index (χ4v) is 4.18. The van der Waals surface area contributed by atoms with E-state index in [1.807, 2.05) is 31.2 Å². The summed E-state index contributed by atoms with van der Waals surface area (Å²) < 4.78 is 18.0. The first-order valence-corrected chi connectivity index (χ1v) is 9.78. The minimum Gasteiger partial charge on any atom is -0.455 e. The zero-order valence-corrected chi connectivity index (χ0v) is 14.7. The zero-order chi connectivity index (χ0) is 16.9. The molecule has 1 N–H and O–H groups in total. The third-order valence-corrected chi connectivity index (χ3v) is 5.68. The highest BCUT2D eigenvalue weighted by atomic mass is 32.2. The van der Waals surface area contributed by atoms with Gasteiger partial charge in [0.15, 0.2) is 5.76 Å². The molecule has 0 spiro atoms. The van der Waals surface area contributed by atoms with Gasteiger partial charge in [-0.1, -0.05) is 31.4 Å². The third-order valence-electron chi connectivity index (χ3n) is 4.35. The highest BCUT2D eigenvalue weighted by Gasteiger charge is 2.19. The van der Waals surface area contributed by atoms with Crippen LogP contribution < -0.4 is 5.32 Å². The Balaban J connectivity index is 1.60. The largest absolute Gasteiger partial charge is 0.455 e. The number of amides is 1. The maximum atomic E-state index is 12.4. The lowest BCUT2D eigenvalue weighted by atomic mass is 9.95. The number of rotatable bonds is 5. The summed E-state index contributed by atoms with van der Waals surface area (Å²) in [7, 11) is -1.18. The molecule has 3 rings (SSSR count). The third kappa shape index (κ3) is 4.35. The Labute approximate surface area is 145 Å². The summed E-state index contributed by atoms with van der Waals surface area (Å²) in [5.41, 5.74) is 1.08. The molecule has 0 saturated heterocycles. The molecule has 0 radical (unpaired) electrons. The molecule has 0 bridgehead atoms. The van der Waals surface area contributed by atoms with Crippen LogP contribution >= 0.6 is 0 Å². The van der Waals surface area contributed by atoms with E-state index in [0.29, 0.717) is 11.5 Å². The Morgan fingerprint density at radius 3 is 2.75 bits per heavy atom. The summed E-state index contributed by atoms with van der Waals surface area (Å²) in [6, 6.07) is 11.3. The Kier molecular flexibility index (Phi) is 5.51. The quantitative estimate of drug-likeness (QED) is 0.892. The van der Waals surface area contributed by atoms with Gasteiger partial charge < -0.3 is 9.73 Å². The summed E-state index contributed by atoms with van der Waals surface area (Å²) in [4.78, 5) is 13.0. The van der Waals surface area contributed by atoms with Crippen LogP contribution in [0, 0.1) is 6.92 Å². The molecule has 1 heterocycles. The Hall–Kier alpha value is -1.88. The lowest BCUT2D eigenvalue weighted by Crippen LogP contribution is -2.35. The monoisotopic (exact) mass is 345 g/mol. The molecule has 24 heavy (non-hydrogen) atoms. The topological polar surface area (TPSA) is 59.3 Å². The number of carbonyl (C=O) groups excluding carboxylic acids is 1. The molecule has 4 nitrogen and oxygen atoms in total. The molecular formula is C19H23NO3S. The van der Waals surface area contributed by atoms with Crippen molar-refractivity contribution in [3.63, 3.8) is 0 Å². The van der Waals surface area contributed by atoms with Crippen LogP contribution in [0.25, 0.3) is 0 Å². The smallest absolute Gasteiger partial charge is 0.287 e. The number of carbonyl (C=O) groups is 1. The average molecular weight is 345 g/mol. The predicted molar refractivity (Wildman–Crippen MR) is 94.3 cm³/mol. The fraction of sp³-hybridized carbons (Fsp3) is 0.421. The first kappa shape index (κ1) is 17.0. The molecule has 1 aliphatic carbocycles. The summed E-state index contributed by atoms with van der Waals surface area (Å²) in [6.45, 7) is 1.97. The van der Waals surface area contributed by atoms with E-state index in [1.54, 1.807) is 12.1 Å². The van der Waals surface area contributed by atoms with Gasteiger partial charge in [0.05, 0.1) is 16.6 Å². The van der Waals surface area contributed by atoms with E-state index in [2.05, 4.69) is 5.32 Å². The van der Waals surface area contributed by atoms with Crippen molar-refractivity contribution >= 4 is 16.7 Å². The minimum atomic E-state index is -1.18. The van der Waals surface area contributed by atoms with Gasteiger partial charge in [-0.2, -0.15) is 0 Å². The van der Waals surface area contributed by atoms with Crippen LogP contribution in [0.4, 0.5) is 0 Å². The van der Waals surface area contributed by atoms with Gasteiger partial charge in [-0.3, -0.25) is 9.00 Å². The maximum Gasteiger partial charge on any atom is 0.287 e. The maximum absolute atomic E-state index is 12.4. The number of hydrogen-bond donors (Lipinski definition) is 1. The predicted octanol–water partition coefficient (Wildman–Crippen LogP) is 3.96. The van der Waals surface area contributed by atoms with Crippen molar-refractivity contribution in [1.29, 1.82) is 0 Å². The van der Waals surface area contributed by atoms with Gasteiger partial charge in [0.25, 0.3) is 5.91 Å². The van der Waals surface area contributed by atoms with E-state index in [0.717, 1.165) is 23.3 Å². The van der Waals surface area contributed by atoms with E-state index in [9.17, 15) is 9.00 Å². The fourth-order valence-electron chi connectivity index (χ4n) is 3.05. The zero-order valence-electron chi connectivity index (χ0n) is 13.9. The highest BCUT2D eigenvalue weighted by Crippen LogP contribution is 2.19. The van der Waals surface area contributed by atoms with Crippen LogP contribution in [0.15, 0.2) is 45.7 Å². The summed E-state index contributed by atoms with van der Waals surface area (Å²) in [5.74, 6) is 0.982. The van der Waals surface area contributed by atoms with Crippen LogP contribution in [0.2, 0.25) is 0 Å². The van der Waals surface area contributed by atoms with Gasteiger partial charge in [-0.05, 0) is 49.6 Å². The molecule has 1 fully saturated rings. The van der Waals surface area contributed by atoms with E-state index in [1.165, 1.54) is 19.3 Å². The van der Waals surface area contributed by atoms with Gasteiger partial charge in [0.1, 0.15) is 5.76 Å². The molecule has 0 unspecified atom stereocenters. The Morgan fingerprint density at radius 2 is 2.00 bits per heavy atom. The molecule has 1 saturated carbocycles. The molecule has 0 aliphatic heterocycles. The van der Waals surface area contributed by atoms with Gasteiger partial charge >= 0.3 is 0 Å². The van der Waals surface area contributed by atoms with Crippen molar-refractivity contribution in [2.75, 3.05) is 0 Å². The van der Waals surface area contributed by atoms with Crippen LogP contribution in [-0.4, -0.2) is 16.2 Å². The molecule has 1 aromatic carbocycles. The van der Waals surface area contributed by atoms with Crippen molar-refractivity contribution in [3.05, 3.63) is 53.5 Å². The molecule has 1 atom stereocenters. The normalized spacial score (nSPS) is 16.7. The molecule has 2 aromatic rings. The summed E-state index contributed by atoms with van der Waals surface area (Å²) in [5, 5.41) is 3.03. The first-order valence-electron chi connectivity index (χ1n) is 8.46. The van der Waals surface area contributed by atoms with E-state index in [4.69, 9.17) is 4.42 Å². The Bertz CT molecular complexity index is 732. The van der Waals surface area contributed by atoms with Crippen molar-refractivity contribution < 1.29 is 13.4 Å². The van der Waals surface area contributed by atoms with Crippen molar-refractivity contribution in [2.24, 2.45) is 0 Å². The average Bonchev–Trinajstić information content (AvgIpc) is 3.04. The van der Waals surface area contributed by atoms with Crippen molar-refractivity contribution in [2.45, 2.75) is 55.7 Å². The first-order chi connectivity index (χ1) is 11.6. The van der Waals surface area contributed by atoms with Gasteiger partial charge in [0.2, 0.25) is 0 Å². The summed E-state index contributed by atoms with van der Waals surface area (Å²) >= 11 is 0. The minimum absolute atomic E-state index is 0.172. The van der Waals surface area contributed by atoms with Gasteiger partial charge in [-0.15, -0.1) is 0 Å². The number of aryl methyl sites for hydroxylation is 1. The second kappa shape index (κ2) is 7.79. The number of hydrogen-bond acceptors (Lipinski definition) is 3. The second-order valence-electron chi connectivity index (χ2n) is 6.38. The van der Waals surface area contributed by atoms with E-state index >= 15 is 0 Å². The van der Waals surface area contributed by atoms with Crippen LogP contribution in [0.1, 0.15) is 54.0 Å². The lowest BCUT2D eigenvalue weighted by molar-refractivity contribution is 0.0898.